The van der Waals surface area contributed by atoms with Crippen molar-refractivity contribution in [3.05, 3.63) is 77.1 Å². The van der Waals surface area contributed by atoms with Crippen LogP contribution in [0.2, 0.25) is 0 Å². The van der Waals surface area contributed by atoms with E-state index in [0.29, 0.717) is 31.9 Å². The van der Waals surface area contributed by atoms with E-state index in [2.05, 4.69) is 15.2 Å². The van der Waals surface area contributed by atoms with Gasteiger partial charge in [-0.1, -0.05) is 35.5 Å². The number of piperazine rings is 1. The summed E-state index contributed by atoms with van der Waals surface area (Å²) in [5.74, 6) is -1.61. The highest BCUT2D eigenvalue weighted by atomic mass is 19.4. The van der Waals surface area contributed by atoms with Crippen molar-refractivity contribution >= 4 is 17.7 Å². The molecule has 12 nitrogen and oxygen atoms in total. The van der Waals surface area contributed by atoms with Gasteiger partial charge in [0, 0.05) is 39.1 Å². The summed E-state index contributed by atoms with van der Waals surface area (Å²) in [6.45, 7) is 1.95. The van der Waals surface area contributed by atoms with Crippen LogP contribution in [-0.4, -0.2) is 98.4 Å². The Bertz CT molecular complexity index is 1570. The van der Waals surface area contributed by atoms with Crippen LogP contribution in [0.3, 0.4) is 0 Å². The van der Waals surface area contributed by atoms with E-state index in [1.807, 2.05) is 30.3 Å². The lowest BCUT2D eigenvalue weighted by molar-refractivity contribution is -0.142. The molecule has 3 atom stereocenters. The average molecular weight is 628 g/mol. The lowest BCUT2D eigenvalue weighted by atomic mass is 10.0. The Labute approximate surface area is 256 Å². The van der Waals surface area contributed by atoms with Crippen molar-refractivity contribution in [3.8, 4) is 5.75 Å². The minimum absolute atomic E-state index is 0.0102. The number of aromatic nitrogens is 3. The van der Waals surface area contributed by atoms with Crippen molar-refractivity contribution in [3.63, 3.8) is 0 Å². The normalized spacial score (nSPS) is 22.4. The van der Waals surface area contributed by atoms with E-state index in [9.17, 15) is 27.6 Å². The smallest absolute Gasteiger partial charge is 0.416 e. The van der Waals surface area contributed by atoms with Crippen LogP contribution in [0.4, 0.5) is 13.2 Å². The second-order valence-electron chi connectivity index (χ2n) is 11.4. The predicted molar refractivity (Wildman–Crippen MR) is 151 cm³/mol. The molecule has 2 aromatic carbocycles. The van der Waals surface area contributed by atoms with Gasteiger partial charge in [-0.05, 0) is 23.8 Å². The Morgan fingerprint density at radius 1 is 1.07 bits per heavy atom. The van der Waals surface area contributed by atoms with Gasteiger partial charge in [0.1, 0.15) is 30.6 Å². The lowest BCUT2D eigenvalue weighted by Gasteiger charge is -2.43. The summed E-state index contributed by atoms with van der Waals surface area (Å²) < 4.78 is 54.4. The highest BCUT2D eigenvalue weighted by molar-refractivity contribution is 6.00. The first-order valence-electron chi connectivity index (χ1n) is 14.6. The number of hydrogen-bond acceptors (Lipinski definition) is 8. The van der Waals surface area contributed by atoms with Crippen LogP contribution in [0.5, 0.6) is 5.75 Å². The van der Waals surface area contributed by atoms with Crippen molar-refractivity contribution < 1.29 is 37.0 Å². The number of carbonyl (C=O) groups is 3. The minimum atomic E-state index is -4.68. The number of hydrogen-bond donors (Lipinski definition) is 1. The fourth-order valence-electron chi connectivity index (χ4n) is 6.09. The van der Waals surface area contributed by atoms with Crippen molar-refractivity contribution in [2.75, 3.05) is 32.8 Å². The Balaban J connectivity index is 1.26. The van der Waals surface area contributed by atoms with E-state index in [1.54, 1.807) is 4.90 Å². The lowest BCUT2D eigenvalue weighted by Crippen LogP contribution is -2.61. The zero-order valence-corrected chi connectivity index (χ0v) is 24.2. The van der Waals surface area contributed by atoms with Crippen molar-refractivity contribution in [1.29, 1.82) is 0 Å². The number of fused-ring (bicyclic) bond motifs is 3. The summed E-state index contributed by atoms with van der Waals surface area (Å²) in [4.78, 5) is 44.4. The van der Waals surface area contributed by atoms with Crippen molar-refractivity contribution in [1.82, 2.24) is 29.7 Å². The maximum absolute atomic E-state index is 14.1. The quantitative estimate of drug-likeness (QED) is 0.418. The Hall–Kier alpha value is -4.50. The summed E-state index contributed by atoms with van der Waals surface area (Å²) in [7, 11) is 0. The van der Waals surface area contributed by atoms with Gasteiger partial charge in [-0.3, -0.25) is 19.3 Å². The third kappa shape index (κ3) is 6.78. The molecule has 3 amide bonds. The van der Waals surface area contributed by atoms with Gasteiger partial charge in [0.2, 0.25) is 11.8 Å². The molecule has 0 unspecified atom stereocenters. The van der Waals surface area contributed by atoms with E-state index in [0.717, 1.165) is 17.7 Å². The van der Waals surface area contributed by atoms with E-state index in [-0.39, 0.29) is 49.9 Å². The number of halogens is 3. The van der Waals surface area contributed by atoms with Crippen LogP contribution in [0.25, 0.3) is 0 Å². The van der Waals surface area contributed by atoms with Crippen LogP contribution in [0, 0.1) is 0 Å². The number of primary amides is 1. The number of alkyl halides is 3. The van der Waals surface area contributed by atoms with Crippen LogP contribution >= 0.6 is 0 Å². The minimum Gasteiger partial charge on any atom is -0.491 e. The van der Waals surface area contributed by atoms with Crippen molar-refractivity contribution in [2.45, 2.75) is 50.5 Å². The van der Waals surface area contributed by atoms with Gasteiger partial charge in [-0.2, -0.15) is 13.2 Å². The molecule has 0 radical (unpaired) electrons. The molecule has 6 rings (SSSR count). The maximum atomic E-state index is 14.1. The van der Waals surface area contributed by atoms with Crippen LogP contribution < -0.4 is 10.5 Å². The van der Waals surface area contributed by atoms with Crippen LogP contribution in [0.15, 0.2) is 54.7 Å². The van der Waals surface area contributed by atoms with Gasteiger partial charge in [0.25, 0.3) is 5.91 Å². The maximum Gasteiger partial charge on any atom is 0.416 e. The standard InChI is InChI=1S/C30H32F3N7O5/c31-30(32,33)20-6-7-26-24(10-20)28(42)40-15-23(44-17-21-13-38(36-35-21)16-27(34)41)11-25(40)29(43)39-9-8-37(14-22(39)18-45-26)12-19-4-2-1-3-5-19/h1-7,10,13,22-23,25H,8-9,11-12,14-18H2,(H2,34,41)/t22-,23+,25-/m0/s1. The molecule has 0 saturated carbocycles. The molecule has 3 aromatic rings. The summed E-state index contributed by atoms with van der Waals surface area (Å²) >= 11 is 0. The molecule has 15 heteroatoms. The molecule has 2 fully saturated rings. The van der Waals surface area contributed by atoms with Crippen molar-refractivity contribution in [2.24, 2.45) is 5.73 Å². The molecule has 3 aliphatic rings. The molecule has 238 valence electrons. The number of nitrogens with zero attached hydrogens (tertiary/aromatic N) is 6. The summed E-state index contributed by atoms with van der Waals surface area (Å²) in [5, 5.41) is 7.78. The zero-order chi connectivity index (χ0) is 31.7. The monoisotopic (exact) mass is 627 g/mol. The fraction of sp³-hybridized carbons (Fsp3) is 0.433. The molecule has 4 heterocycles. The van der Waals surface area contributed by atoms with E-state index in [1.165, 1.54) is 21.8 Å². The van der Waals surface area contributed by atoms with Crippen LogP contribution in [0.1, 0.15) is 33.6 Å². The molecule has 0 spiro atoms. The summed E-state index contributed by atoms with van der Waals surface area (Å²) in [6, 6.07) is 11.4. The van der Waals surface area contributed by atoms with E-state index in [4.69, 9.17) is 15.2 Å². The first kappa shape index (κ1) is 30.5. The largest absolute Gasteiger partial charge is 0.491 e. The van der Waals surface area contributed by atoms with Gasteiger partial charge in [0.05, 0.1) is 36.1 Å². The van der Waals surface area contributed by atoms with Gasteiger partial charge >= 0.3 is 6.18 Å². The molecular formula is C30H32F3N7O5. The number of ether oxygens (including phenoxy) is 2. The molecule has 2 N–H and O–H groups in total. The third-order valence-electron chi connectivity index (χ3n) is 8.25. The number of benzene rings is 2. The molecule has 0 bridgehead atoms. The molecule has 0 aliphatic carbocycles. The Morgan fingerprint density at radius 2 is 1.87 bits per heavy atom. The van der Waals surface area contributed by atoms with Gasteiger partial charge in [0.15, 0.2) is 0 Å². The highest BCUT2D eigenvalue weighted by Crippen LogP contribution is 2.36. The molecule has 1 aromatic heterocycles. The van der Waals surface area contributed by atoms with Gasteiger partial charge < -0.3 is 25.0 Å². The number of rotatable bonds is 7. The fourth-order valence-corrected chi connectivity index (χ4v) is 6.09. The first-order valence-corrected chi connectivity index (χ1v) is 14.6. The first-order chi connectivity index (χ1) is 21.5. The molecular weight excluding hydrogens is 595 g/mol. The summed E-state index contributed by atoms with van der Waals surface area (Å²) in [5.41, 5.74) is 5.47. The zero-order valence-electron chi connectivity index (χ0n) is 24.2. The number of carbonyl (C=O) groups excluding carboxylic acids is 3. The predicted octanol–water partition coefficient (Wildman–Crippen LogP) is 1.69. The molecule has 45 heavy (non-hydrogen) atoms. The van der Waals surface area contributed by atoms with Crippen LogP contribution in [-0.2, 0) is 40.2 Å². The summed E-state index contributed by atoms with van der Waals surface area (Å²) in [6.07, 6.45) is -3.65. The van der Waals surface area contributed by atoms with E-state index >= 15 is 0 Å². The molecule has 3 aliphatic heterocycles. The number of amides is 3. The molecule has 2 saturated heterocycles. The third-order valence-corrected chi connectivity index (χ3v) is 8.25. The van der Waals surface area contributed by atoms with Gasteiger partial charge in [-0.15, -0.1) is 5.10 Å². The van der Waals surface area contributed by atoms with E-state index < -0.39 is 41.7 Å². The number of nitrogens with two attached hydrogens (primary N) is 1. The Morgan fingerprint density at radius 3 is 2.62 bits per heavy atom. The second kappa shape index (κ2) is 12.5. The average Bonchev–Trinajstić information content (AvgIpc) is 3.64. The second-order valence-corrected chi connectivity index (χ2v) is 11.4. The Kier molecular flexibility index (Phi) is 8.46. The topological polar surface area (TPSA) is 136 Å². The highest BCUT2D eigenvalue weighted by Gasteiger charge is 2.46. The van der Waals surface area contributed by atoms with Gasteiger partial charge in [-0.25, -0.2) is 4.68 Å². The SMILES string of the molecule is NC(=O)Cn1cc(CO[C@@H]2C[C@H]3C(=O)N4CCN(Cc5ccccc5)C[C@H]4COc4ccc(C(F)(F)F)cc4C(=O)N3C2)nn1.